The van der Waals surface area contributed by atoms with Gasteiger partial charge in [0.15, 0.2) is 0 Å². The minimum absolute atomic E-state index is 0.0405. The lowest BCUT2D eigenvalue weighted by atomic mass is 9.83. The summed E-state index contributed by atoms with van der Waals surface area (Å²) in [7, 11) is 2.01. The molecule has 0 radical (unpaired) electrons. The predicted octanol–water partition coefficient (Wildman–Crippen LogP) is 3.29. The van der Waals surface area contributed by atoms with Crippen LogP contribution in [0.2, 0.25) is 0 Å². The van der Waals surface area contributed by atoms with Gasteiger partial charge in [-0.25, -0.2) is 4.52 Å². The van der Waals surface area contributed by atoms with Crippen molar-refractivity contribution in [2.24, 2.45) is 11.1 Å². The molecule has 28 heavy (non-hydrogen) atoms. The fourth-order valence-electron chi connectivity index (χ4n) is 4.45. The number of fused-ring (bicyclic) bond motifs is 1. The maximum absolute atomic E-state index is 12.1. The van der Waals surface area contributed by atoms with E-state index in [1.165, 1.54) is 0 Å². The zero-order valence-corrected chi connectivity index (χ0v) is 16.6. The van der Waals surface area contributed by atoms with Crippen molar-refractivity contribution in [2.45, 2.75) is 38.8 Å². The highest BCUT2D eigenvalue weighted by atomic mass is 16.1. The van der Waals surface area contributed by atoms with E-state index < -0.39 is 5.91 Å². The van der Waals surface area contributed by atoms with Crippen molar-refractivity contribution in [3.05, 3.63) is 54.4 Å². The number of carbonyl (C=O) groups excluding carboxylic acids is 1. The lowest BCUT2D eigenvalue weighted by Crippen LogP contribution is -2.43. The van der Waals surface area contributed by atoms with Crippen molar-refractivity contribution in [2.75, 3.05) is 12.4 Å². The van der Waals surface area contributed by atoms with E-state index in [-0.39, 0.29) is 11.5 Å². The lowest BCUT2D eigenvalue weighted by molar-refractivity contribution is 0.100. The summed E-state index contributed by atoms with van der Waals surface area (Å²) in [5, 5.41) is 11.5. The Hall–Kier alpha value is -2.86. The quantitative estimate of drug-likeness (QED) is 0.637. The van der Waals surface area contributed by atoms with Gasteiger partial charge in [-0.2, -0.15) is 5.10 Å². The second kappa shape index (κ2) is 6.95. The zero-order chi connectivity index (χ0) is 19.9. The molecule has 0 unspecified atom stereocenters. The summed E-state index contributed by atoms with van der Waals surface area (Å²) < 4.78 is 1.81. The van der Waals surface area contributed by atoms with E-state index in [0.29, 0.717) is 11.6 Å². The summed E-state index contributed by atoms with van der Waals surface area (Å²) in [5.74, 6) is -0.471. The SMILES string of the molecule is CN[C@H]1CC[C@@H](Nc2c(C(N)=O)cnn3cc(-c4ccccc4)cc23)C1(C)C. The van der Waals surface area contributed by atoms with Gasteiger partial charge in [-0.05, 0) is 31.5 Å². The second-order valence-electron chi connectivity index (χ2n) is 8.16. The van der Waals surface area contributed by atoms with Crippen LogP contribution in [-0.2, 0) is 0 Å². The lowest BCUT2D eigenvalue weighted by Gasteiger charge is -2.34. The summed E-state index contributed by atoms with van der Waals surface area (Å²) in [6.07, 6.45) is 5.66. The molecule has 3 aromatic rings. The number of primary amides is 1. The van der Waals surface area contributed by atoms with E-state index in [1.54, 1.807) is 6.20 Å². The number of rotatable bonds is 5. The van der Waals surface area contributed by atoms with Gasteiger partial charge in [0.2, 0.25) is 0 Å². The number of nitrogens with zero attached hydrogens (tertiary/aromatic N) is 2. The fourth-order valence-corrected chi connectivity index (χ4v) is 4.45. The number of hydrogen-bond acceptors (Lipinski definition) is 4. The molecule has 2 aromatic heterocycles. The number of anilines is 1. The Kier molecular flexibility index (Phi) is 4.59. The van der Waals surface area contributed by atoms with E-state index in [1.807, 2.05) is 36.0 Å². The first-order valence-corrected chi connectivity index (χ1v) is 9.72. The van der Waals surface area contributed by atoms with E-state index in [0.717, 1.165) is 35.2 Å². The van der Waals surface area contributed by atoms with Gasteiger partial charge in [0.25, 0.3) is 5.91 Å². The molecule has 0 saturated heterocycles. The van der Waals surface area contributed by atoms with Gasteiger partial charge in [-0.3, -0.25) is 4.79 Å². The van der Waals surface area contributed by atoms with Crippen LogP contribution in [0.5, 0.6) is 0 Å². The van der Waals surface area contributed by atoms with Gasteiger partial charge in [-0.15, -0.1) is 0 Å². The molecule has 2 heterocycles. The van der Waals surface area contributed by atoms with Crippen molar-refractivity contribution in [1.82, 2.24) is 14.9 Å². The van der Waals surface area contributed by atoms with Crippen molar-refractivity contribution in [3.8, 4) is 11.1 Å². The van der Waals surface area contributed by atoms with Crippen LogP contribution < -0.4 is 16.4 Å². The molecule has 1 fully saturated rings. The predicted molar refractivity (Wildman–Crippen MR) is 112 cm³/mol. The minimum atomic E-state index is -0.471. The molecule has 1 aromatic carbocycles. The molecule has 0 bridgehead atoms. The van der Waals surface area contributed by atoms with E-state index in [4.69, 9.17) is 5.73 Å². The third-order valence-electron chi connectivity index (χ3n) is 6.22. The summed E-state index contributed by atoms with van der Waals surface area (Å²) in [6, 6.07) is 12.9. The summed E-state index contributed by atoms with van der Waals surface area (Å²) in [4.78, 5) is 12.1. The average molecular weight is 377 g/mol. The van der Waals surface area contributed by atoms with Crippen LogP contribution in [0.3, 0.4) is 0 Å². The molecule has 4 N–H and O–H groups in total. The number of nitrogens with one attached hydrogen (secondary N) is 2. The molecule has 1 aliphatic carbocycles. The molecular weight excluding hydrogens is 350 g/mol. The largest absolute Gasteiger partial charge is 0.379 e. The first kappa shape index (κ1) is 18.5. The molecule has 4 rings (SSSR count). The molecule has 146 valence electrons. The van der Waals surface area contributed by atoms with Crippen molar-refractivity contribution >= 4 is 17.1 Å². The molecule has 1 aliphatic rings. The Bertz CT molecular complexity index is 1010. The van der Waals surface area contributed by atoms with Crippen LogP contribution in [0.4, 0.5) is 5.69 Å². The fraction of sp³-hybridized carbons (Fsp3) is 0.364. The molecule has 0 spiro atoms. The normalized spacial score (nSPS) is 21.1. The molecule has 2 atom stereocenters. The Morgan fingerprint density at radius 1 is 1.18 bits per heavy atom. The molecule has 1 amide bonds. The number of aromatic nitrogens is 2. The number of hydrogen-bond donors (Lipinski definition) is 3. The third-order valence-corrected chi connectivity index (χ3v) is 6.22. The maximum atomic E-state index is 12.1. The maximum Gasteiger partial charge on any atom is 0.252 e. The number of carbonyl (C=O) groups is 1. The van der Waals surface area contributed by atoms with Crippen LogP contribution in [-0.4, -0.2) is 34.7 Å². The van der Waals surface area contributed by atoms with E-state index in [9.17, 15) is 4.79 Å². The topological polar surface area (TPSA) is 84.5 Å². The highest BCUT2D eigenvalue weighted by Crippen LogP contribution is 2.40. The smallest absolute Gasteiger partial charge is 0.252 e. The standard InChI is InChI=1S/C22H27N5O/c1-22(2)18(24-3)9-10-19(22)26-20-16(21(23)28)12-25-27-13-15(11-17(20)27)14-7-5-4-6-8-14/h4-8,11-13,18-19,24,26H,9-10H2,1-3H3,(H2,23,28)/t18-,19+/m0/s1. The second-order valence-corrected chi connectivity index (χ2v) is 8.16. The molecule has 1 saturated carbocycles. The Morgan fingerprint density at radius 2 is 1.89 bits per heavy atom. The third kappa shape index (κ3) is 3.03. The van der Waals surface area contributed by atoms with Crippen LogP contribution in [0, 0.1) is 5.41 Å². The Labute approximate surface area is 165 Å². The number of nitrogens with two attached hydrogens (primary N) is 1. The van der Waals surface area contributed by atoms with Crippen LogP contribution >= 0.6 is 0 Å². The van der Waals surface area contributed by atoms with Gasteiger partial charge in [-0.1, -0.05) is 44.2 Å². The number of amides is 1. The van der Waals surface area contributed by atoms with Gasteiger partial charge in [0.05, 0.1) is 23.0 Å². The van der Waals surface area contributed by atoms with Gasteiger partial charge in [0, 0.05) is 29.3 Å². The number of benzene rings is 1. The Balaban J connectivity index is 1.80. The van der Waals surface area contributed by atoms with Crippen molar-refractivity contribution in [1.29, 1.82) is 0 Å². The van der Waals surface area contributed by atoms with Gasteiger partial charge in [0.1, 0.15) is 0 Å². The molecular formula is C22H27N5O. The van der Waals surface area contributed by atoms with Crippen LogP contribution in [0.25, 0.3) is 16.6 Å². The summed E-state index contributed by atoms with van der Waals surface area (Å²) >= 11 is 0. The highest BCUT2D eigenvalue weighted by Gasteiger charge is 2.42. The first-order chi connectivity index (χ1) is 13.4. The molecule has 0 aliphatic heterocycles. The van der Waals surface area contributed by atoms with Gasteiger partial charge < -0.3 is 16.4 Å². The average Bonchev–Trinajstić information content (AvgIpc) is 3.23. The van der Waals surface area contributed by atoms with Crippen molar-refractivity contribution < 1.29 is 4.79 Å². The van der Waals surface area contributed by atoms with E-state index in [2.05, 4.69) is 47.8 Å². The summed E-state index contributed by atoms with van der Waals surface area (Å²) in [6.45, 7) is 4.52. The minimum Gasteiger partial charge on any atom is -0.379 e. The molecule has 6 heteroatoms. The van der Waals surface area contributed by atoms with Crippen LogP contribution in [0.15, 0.2) is 48.8 Å². The summed E-state index contributed by atoms with van der Waals surface area (Å²) in [5.41, 5.74) is 9.93. The monoisotopic (exact) mass is 377 g/mol. The van der Waals surface area contributed by atoms with Crippen molar-refractivity contribution in [3.63, 3.8) is 0 Å². The highest BCUT2D eigenvalue weighted by molar-refractivity contribution is 6.02. The van der Waals surface area contributed by atoms with Crippen LogP contribution in [0.1, 0.15) is 37.0 Å². The van der Waals surface area contributed by atoms with E-state index >= 15 is 0 Å². The first-order valence-electron chi connectivity index (χ1n) is 9.72. The molecule has 6 nitrogen and oxygen atoms in total. The zero-order valence-electron chi connectivity index (χ0n) is 16.6. The van der Waals surface area contributed by atoms with Gasteiger partial charge >= 0.3 is 0 Å². The Morgan fingerprint density at radius 3 is 2.54 bits per heavy atom.